The van der Waals surface area contributed by atoms with Crippen molar-refractivity contribution in [3.05, 3.63) is 36.3 Å². The van der Waals surface area contributed by atoms with Crippen LogP contribution >= 0.6 is 0 Å². The minimum Gasteiger partial charge on any atom is -0.508 e. The van der Waals surface area contributed by atoms with E-state index in [4.69, 9.17) is 5.11 Å². The fraction of sp³-hybridized carbons (Fsp3) is 0.250. The molecule has 2 rings (SSSR count). The molecule has 0 fully saturated rings. The molecule has 1 aromatic heterocycles. The van der Waals surface area contributed by atoms with Gasteiger partial charge in [0.2, 0.25) is 0 Å². The summed E-state index contributed by atoms with van der Waals surface area (Å²) in [6.45, 7) is 3.88. The lowest BCUT2D eigenvalue weighted by Crippen LogP contribution is -2.00. The summed E-state index contributed by atoms with van der Waals surface area (Å²) in [5.74, 6) is -0.188. The molecule has 16 heavy (non-hydrogen) atoms. The van der Waals surface area contributed by atoms with Crippen molar-refractivity contribution in [3.8, 4) is 17.0 Å². The Morgan fingerprint density at radius 3 is 2.38 bits per heavy atom. The summed E-state index contributed by atoms with van der Waals surface area (Å²) in [6, 6.07) is 6.45. The van der Waals surface area contributed by atoms with Gasteiger partial charge in [-0.1, -0.05) is 0 Å². The fourth-order valence-electron chi connectivity index (χ4n) is 1.45. The van der Waals surface area contributed by atoms with Crippen LogP contribution in [-0.4, -0.2) is 14.9 Å². The van der Waals surface area contributed by atoms with Crippen LogP contribution < -0.4 is 0 Å². The van der Waals surface area contributed by atoms with E-state index in [1.165, 1.54) is 18.3 Å². The molecule has 1 N–H and O–H groups in total. The van der Waals surface area contributed by atoms with E-state index in [2.05, 4.69) is 5.10 Å². The molecule has 0 aliphatic rings. The van der Waals surface area contributed by atoms with Crippen LogP contribution in [0.25, 0.3) is 11.3 Å². The predicted octanol–water partition coefficient (Wildman–Crippen LogP) is 2.98. The van der Waals surface area contributed by atoms with Gasteiger partial charge in [0.05, 0.1) is 6.20 Å². The Labute approximate surface area is 93.2 Å². The first-order chi connectivity index (χ1) is 7.58. The minimum atomic E-state index is -0.348. The van der Waals surface area contributed by atoms with Gasteiger partial charge in [-0.05, 0) is 38.1 Å². The molecular weight excluding hydrogens is 207 g/mol. The van der Waals surface area contributed by atoms with Crippen molar-refractivity contribution in [2.45, 2.75) is 19.9 Å². The Morgan fingerprint density at radius 1 is 1.25 bits per heavy atom. The number of hydrogen-bond donors (Lipinski definition) is 1. The number of hydrogen-bond acceptors (Lipinski definition) is 2. The molecule has 0 radical (unpaired) electrons. The lowest BCUT2D eigenvalue weighted by atomic mass is 10.1. The summed E-state index contributed by atoms with van der Waals surface area (Å²) in [5, 5.41) is 13.3. The van der Waals surface area contributed by atoms with E-state index in [1.54, 1.807) is 16.8 Å². The molecule has 0 aliphatic carbocycles. The van der Waals surface area contributed by atoms with Crippen LogP contribution in [0.1, 0.15) is 19.9 Å². The zero-order chi connectivity index (χ0) is 11.7. The van der Waals surface area contributed by atoms with Crippen molar-refractivity contribution in [2.75, 3.05) is 0 Å². The molecule has 0 aliphatic heterocycles. The molecule has 0 spiro atoms. The first-order valence-corrected chi connectivity index (χ1v) is 5.12. The van der Waals surface area contributed by atoms with Crippen molar-refractivity contribution in [1.82, 2.24) is 9.78 Å². The summed E-state index contributed by atoms with van der Waals surface area (Å²) in [7, 11) is 0. The van der Waals surface area contributed by atoms with Gasteiger partial charge >= 0.3 is 0 Å². The normalized spacial score (nSPS) is 11.0. The fourth-order valence-corrected chi connectivity index (χ4v) is 1.45. The second kappa shape index (κ2) is 3.96. The summed E-state index contributed by atoms with van der Waals surface area (Å²) in [5.41, 5.74) is 0.975. The van der Waals surface area contributed by atoms with Crippen molar-refractivity contribution in [3.63, 3.8) is 0 Å². The summed E-state index contributed by atoms with van der Waals surface area (Å²) >= 11 is 0. The number of rotatable bonds is 2. The number of halogens is 1. The SMILES string of the molecule is CC(C)n1cc(F)c(-c2ccc(O)cc2)n1. The third-order valence-electron chi connectivity index (χ3n) is 2.36. The molecule has 0 atom stereocenters. The predicted molar refractivity (Wildman–Crippen MR) is 59.7 cm³/mol. The Hall–Kier alpha value is -1.84. The Kier molecular flexibility index (Phi) is 2.64. The van der Waals surface area contributed by atoms with Gasteiger partial charge in [0, 0.05) is 11.6 Å². The van der Waals surface area contributed by atoms with Gasteiger partial charge < -0.3 is 5.11 Å². The summed E-state index contributed by atoms with van der Waals surface area (Å²) in [6.07, 6.45) is 1.38. The van der Waals surface area contributed by atoms with E-state index in [0.717, 1.165) is 0 Å². The molecule has 84 valence electrons. The zero-order valence-electron chi connectivity index (χ0n) is 9.18. The molecule has 0 saturated heterocycles. The van der Waals surface area contributed by atoms with Gasteiger partial charge in [-0.15, -0.1) is 0 Å². The number of aromatic hydroxyl groups is 1. The van der Waals surface area contributed by atoms with Crippen molar-refractivity contribution in [2.24, 2.45) is 0 Å². The van der Waals surface area contributed by atoms with Crippen LogP contribution in [0.3, 0.4) is 0 Å². The highest BCUT2D eigenvalue weighted by atomic mass is 19.1. The van der Waals surface area contributed by atoms with E-state index in [1.807, 2.05) is 13.8 Å². The van der Waals surface area contributed by atoms with Crippen LogP contribution in [0, 0.1) is 5.82 Å². The number of phenols is 1. The topological polar surface area (TPSA) is 38.0 Å². The van der Waals surface area contributed by atoms with Gasteiger partial charge in [-0.2, -0.15) is 5.10 Å². The molecular formula is C12H13FN2O. The highest BCUT2D eigenvalue weighted by Crippen LogP contribution is 2.23. The van der Waals surface area contributed by atoms with Crippen molar-refractivity contribution in [1.29, 1.82) is 0 Å². The Balaban J connectivity index is 2.44. The lowest BCUT2D eigenvalue weighted by molar-refractivity contribution is 0.475. The summed E-state index contributed by atoms with van der Waals surface area (Å²) in [4.78, 5) is 0. The van der Waals surface area contributed by atoms with Crippen molar-refractivity contribution >= 4 is 0 Å². The number of nitrogens with zero attached hydrogens (tertiary/aromatic N) is 2. The molecule has 1 aromatic carbocycles. The van der Waals surface area contributed by atoms with E-state index in [-0.39, 0.29) is 17.6 Å². The number of aromatic nitrogens is 2. The first-order valence-electron chi connectivity index (χ1n) is 5.12. The molecule has 4 heteroatoms. The van der Waals surface area contributed by atoms with Gasteiger partial charge in [-0.3, -0.25) is 4.68 Å². The van der Waals surface area contributed by atoms with E-state index >= 15 is 0 Å². The first kappa shape index (κ1) is 10.7. The third kappa shape index (κ3) is 1.91. The van der Waals surface area contributed by atoms with Gasteiger partial charge in [0.15, 0.2) is 5.82 Å². The van der Waals surface area contributed by atoms with Crippen LogP contribution in [-0.2, 0) is 0 Å². The Morgan fingerprint density at radius 2 is 1.88 bits per heavy atom. The summed E-state index contributed by atoms with van der Waals surface area (Å²) < 4.78 is 15.2. The quantitative estimate of drug-likeness (QED) is 0.844. The number of benzene rings is 1. The molecule has 0 amide bonds. The van der Waals surface area contributed by atoms with Gasteiger partial charge in [0.25, 0.3) is 0 Å². The largest absolute Gasteiger partial charge is 0.508 e. The van der Waals surface area contributed by atoms with Crippen LogP contribution in [0.5, 0.6) is 5.75 Å². The molecule has 3 nitrogen and oxygen atoms in total. The molecule has 0 saturated carbocycles. The smallest absolute Gasteiger partial charge is 0.169 e. The van der Waals surface area contributed by atoms with Crippen LogP contribution in [0.15, 0.2) is 30.5 Å². The lowest BCUT2D eigenvalue weighted by Gasteiger charge is -2.03. The van der Waals surface area contributed by atoms with Gasteiger partial charge in [0.1, 0.15) is 11.4 Å². The maximum atomic E-state index is 13.6. The maximum absolute atomic E-state index is 13.6. The second-order valence-electron chi connectivity index (χ2n) is 3.95. The molecule has 0 unspecified atom stereocenters. The van der Waals surface area contributed by atoms with Crippen LogP contribution in [0.2, 0.25) is 0 Å². The molecule has 2 aromatic rings. The maximum Gasteiger partial charge on any atom is 0.169 e. The Bertz CT molecular complexity index is 488. The monoisotopic (exact) mass is 220 g/mol. The average molecular weight is 220 g/mol. The van der Waals surface area contributed by atoms with E-state index in [9.17, 15) is 4.39 Å². The minimum absolute atomic E-state index is 0.125. The van der Waals surface area contributed by atoms with E-state index in [0.29, 0.717) is 11.3 Å². The highest BCUT2D eigenvalue weighted by molar-refractivity contribution is 5.60. The van der Waals surface area contributed by atoms with E-state index < -0.39 is 0 Å². The van der Waals surface area contributed by atoms with Crippen molar-refractivity contribution < 1.29 is 9.50 Å². The van der Waals surface area contributed by atoms with Crippen LogP contribution in [0.4, 0.5) is 4.39 Å². The average Bonchev–Trinajstić information content (AvgIpc) is 2.62. The second-order valence-corrected chi connectivity index (χ2v) is 3.95. The third-order valence-corrected chi connectivity index (χ3v) is 2.36. The standard InChI is InChI=1S/C12H13FN2O/c1-8(2)15-7-11(13)12(14-15)9-3-5-10(16)6-4-9/h3-8,16H,1-2H3. The number of phenolic OH excluding ortho intramolecular Hbond substituents is 1. The molecule has 1 heterocycles. The van der Waals surface area contributed by atoms with Gasteiger partial charge in [-0.25, -0.2) is 4.39 Å². The zero-order valence-corrected chi connectivity index (χ0v) is 9.18. The highest BCUT2D eigenvalue weighted by Gasteiger charge is 2.12. The molecule has 0 bridgehead atoms.